The highest BCUT2D eigenvalue weighted by Gasteiger charge is 2.26. The zero-order valence-electron chi connectivity index (χ0n) is 15.5. The van der Waals surface area contributed by atoms with E-state index in [2.05, 4.69) is 5.32 Å². The fraction of sp³-hybridized carbons (Fsp3) is 0.579. The van der Waals surface area contributed by atoms with E-state index in [1.54, 1.807) is 21.3 Å². The molecule has 0 saturated heterocycles. The number of carbonyl (C=O) groups excluding carboxylic acids is 1. The van der Waals surface area contributed by atoms with Gasteiger partial charge in [-0.05, 0) is 49.8 Å². The number of hydrogen-bond acceptors (Lipinski definition) is 5. The summed E-state index contributed by atoms with van der Waals surface area (Å²) >= 11 is 0. The van der Waals surface area contributed by atoms with Crippen LogP contribution in [0.1, 0.15) is 37.7 Å². The average molecular weight is 365 g/mol. The number of hydrogen-bond donors (Lipinski definition) is 2. The lowest BCUT2D eigenvalue weighted by Gasteiger charge is -2.26. The minimum atomic E-state index is -0.739. The molecule has 0 aliphatic heterocycles. The van der Waals surface area contributed by atoms with Crippen molar-refractivity contribution in [2.75, 3.05) is 21.3 Å². The van der Waals surface area contributed by atoms with Crippen molar-refractivity contribution < 1.29 is 28.9 Å². The van der Waals surface area contributed by atoms with Crippen molar-refractivity contribution in [1.82, 2.24) is 5.32 Å². The number of carboxylic acid groups (broad SMARTS) is 1. The standard InChI is InChI=1S/C19H27NO6/c1-24-15-10-12(11-16(25-2)18(15)26-3)4-9-17(21)20-14-7-5-13(6-8-14)19(22)23/h10-11,13-14H,4-9H2,1-3H3,(H,20,21)(H,22,23). The summed E-state index contributed by atoms with van der Waals surface area (Å²) in [4.78, 5) is 23.2. The lowest BCUT2D eigenvalue weighted by atomic mass is 9.86. The molecule has 0 heterocycles. The highest BCUT2D eigenvalue weighted by Crippen LogP contribution is 2.38. The van der Waals surface area contributed by atoms with E-state index >= 15 is 0 Å². The van der Waals surface area contributed by atoms with Crippen LogP contribution < -0.4 is 19.5 Å². The van der Waals surface area contributed by atoms with E-state index in [1.165, 1.54) is 0 Å². The zero-order valence-corrected chi connectivity index (χ0v) is 15.5. The number of amides is 1. The first kappa shape index (κ1) is 19.9. The van der Waals surface area contributed by atoms with Crippen molar-refractivity contribution in [3.63, 3.8) is 0 Å². The Morgan fingerprint density at radius 1 is 1.04 bits per heavy atom. The summed E-state index contributed by atoms with van der Waals surface area (Å²) in [6.45, 7) is 0. The maximum absolute atomic E-state index is 12.2. The van der Waals surface area contributed by atoms with E-state index in [-0.39, 0.29) is 17.9 Å². The van der Waals surface area contributed by atoms with E-state index in [1.807, 2.05) is 12.1 Å². The number of nitrogens with one attached hydrogen (secondary N) is 1. The van der Waals surface area contributed by atoms with Crippen molar-refractivity contribution in [3.05, 3.63) is 17.7 Å². The number of rotatable bonds is 8. The fourth-order valence-corrected chi connectivity index (χ4v) is 3.32. The van der Waals surface area contributed by atoms with Gasteiger partial charge in [-0.25, -0.2) is 0 Å². The molecule has 1 saturated carbocycles. The normalized spacial score (nSPS) is 19.5. The number of methoxy groups -OCH3 is 3. The number of aryl methyl sites for hydroxylation is 1. The number of benzene rings is 1. The monoisotopic (exact) mass is 365 g/mol. The Hall–Kier alpha value is -2.44. The predicted molar refractivity (Wildman–Crippen MR) is 95.9 cm³/mol. The molecule has 0 aromatic heterocycles. The van der Waals surface area contributed by atoms with Crippen molar-refractivity contribution in [2.45, 2.75) is 44.6 Å². The number of carboxylic acids is 1. The third-order valence-electron chi connectivity index (χ3n) is 4.81. The summed E-state index contributed by atoms with van der Waals surface area (Å²) < 4.78 is 15.9. The molecule has 2 N–H and O–H groups in total. The third-order valence-corrected chi connectivity index (χ3v) is 4.81. The number of ether oxygens (including phenoxy) is 3. The van der Waals surface area contributed by atoms with Crippen LogP contribution in [0.25, 0.3) is 0 Å². The molecule has 2 rings (SSSR count). The average Bonchev–Trinajstić information content (AvgIpc) is 2.65. The van der Waals surface area contributed by atoms with Crippen LogP contribution in [0, 0.1) is 5.92 Å². The van der Waals surface area contributed by atoms with Gasteiger partial charge in [0.05, 0.1) is 27.2 Å². The van der Waals surface area contributed by atoms with Gasteiger partial charge in [0.2, 0.25) is 11.7 Å². The van der Waals surface area contributed by atoms with Gasteiger partial charge in [-0.2, -0.15) is 0 Å². The summed E-state index contributed by atoms with van der Waals surface area (Å²) in [5.41, 5.74) is 0.921. The zero-order chi connectivity index (χ0) is 19.1. The second-order valence-corrected chi connectivity index (χ2v) is 6.49. The van der Waals surface area contributed by atoms with Gasteiger partial charge in [-0.3, -0.25) is 9.59 Å². The molecule has 0 atom stereocenters. The van der Waals surface area contributed by atoms with E-state index < -0.39 is 5.97 Å². The van der Waals surface area contributed by atoms with Gasteiger partial charge in [-0.15, -0.1) is 0 Å². The lowest BCUT2D eigenvalue weighted by molar-refractivity contribution is -0.142. The molecule has 144 valence electrons. The second kappa shape index (κ2) is 9.31. The van der Waals surface area contributed by atoms with Gasteiger partial charge >= 0.3 is 5.97 Å². The first-order valence-electron chi connectivity index (χ1n) is 8.79. The van der Waals surface area contributed by atoms with Crippen molar-refractivity contribution in [1.29, 1.82) is 0 Å². The first-order chi connectivity index (χ1) is 12.5. The van der Waals surface area contributed by atoms with Crippen LogP contribution in [0.15, 0.2) is 12.1 Å². The first-order valence-corrected chi connectivity index (χ1v) is 8.79. The Morgan fingerprint density at radius 2 is 1.62 bits per heavy atom. The molecule has 1 aliphatic carbocycles. The molecular formula is C19H27NO6. The van der Waals surface area contributed by atoms with Crippen LogP contribution >= 0.6 is 0 Å². The van der Waals surface area contributed by atoms with Crippen LogP contribution in [-0.2, 0) is 16.0 Å². The summed E-state index contributed by atoms with van der Waals surface area (Å²) in [6.07, 6.45) is 3.56. The molecule has 1 fully saturated rings. The van der Waals surface area contributed by atoms with E-state index in [9.17, 15) is 9.59 Å². The van der Waals surface area contributed by atoms with Crippen LogP contribution in [-0.4, -0.2) is 44.4 Å². The van der Waals surface area contributed by atoms with Crippen molar-refractivity contribution in [2.24, 2.45) is 5.92 Å². The second-order valence-electron chi connectivity index (χ2n) is 6.49. The van der Waals surface area contributed by atoms with Crippen molar-refractivity contribution in [3.8, 4) is 17.2 Å². The van der Waals surface area contributed by atoms with Crippen LogP contribution in [0.5, 0.6) is 17.2 Å². The smallest absolute Gasteiger partial charge is 0.306 e. The molecule has 0 radical (unpaired) electrons. The molecule has 1 aromatic rings. The van der Waals surface area contributed by atoms with Crippen molar-refractivity contribution >= 4 is 11.9 Å². The highest BCUT2D eigenvalue weighted by atomic mass is 16.5. The quantitative estimate of drug-likeness (QED) is 0.735. The molecule has 1 aliphatic rings. The van der Waals surface area contributed by atoms with Gasteiger partial charge in [-0.1, -0.05) is 0 Å². The summed E-state index contributed by atoms with van der Waals surface area (Å²) in [6, 6.07) is 3.75. The fourth-order valence-electron chi connectivity index (χ4n) is 3.32. The van der Waals surface area contributed by atoms with Gasteiger partial charge in [0.15, 0.2) is 11.5 Å². The summed E-state index contributed by atoms with van der Waals surface area (Å²) in [7, 11) is 4.66. The lowest BCUT2D eigenvalue weighted by Crippen LogP contribution is -2.38. The van der Waals surface area contributed by atoms with Crippen LogP contribution in [0.2, 0.25) is 0 Å². The van der Waals surface area contributed by atoms with Gasteiger partial charge in [0.1, 0.15) is 0 Å². The van der Waals surface area contributed by atoms with E-state index in [4.69, 9.17) is 19.3 Å². The largest absolute Gasteiger partial charge is 0.493 e. The Balaban J connectivity index is 1.88. The molecular weight excluding hydrogens is 338 g/mol. The van der Waals surface area contributed by atoms with Gasteiger partial charge in [0, 0.05) is 12.5 Å². The molecule has 0 bridgehead atoms. The highest BCUT2D eigenvalue weighted by molar-refractivity contribution is 5.76. The van der Waals surface area contributed by atoms with Gasteiger partial charge in [0.25, 0.3) is 0 Å². The SMILES string of the molecule is COc1cc(CCC(=O)NC2CCC(C(=O)O)CC2)cc(OC)c1OC. The minimum Gasteiger partial charge on any atom is -0.493 e. The van der Waals surface area contributed by atoms with E-state index in [0.717, 1.165) is 5.56 Å². The Labute approximate surface area is 153 Å². The van der Waals surface area contributed by atoms with Crippen LogP contribution in [0.3, 0.4) is 0 Å². The summed E-state index contributed by atoms with van der Waals surface area (Å²) in [5.74, 6) is 0.610. The molecule has 0 unspecified atom stereocenters. The Bertz CT molecular complexity index is 612. The summed E-state index contributed by atoms with van der Waals surface area (Å²) in [5, 5.41) is 12.0. The third kappa shape index (κ3) is 5.03. The topological polar surface area (TPSA) is 94.1 Å². The van der Waals surface area contributed by atoms with Crippen LogP contribution in [0.4, 0.5) is 0 Å². The Kier molecular flexibility index (Phi) is 7.12. The molecule has 26 heavy (non-hydrogen) atoms. The molecule has 1 aromatic carbocycles. The maximum atomic E-state index is 12.2. The predicted octanol–water partition coefficient (Wildman–Crippen LogP) is 2.40. The molecule has 1 amide bonds. The molecule has 7 heteroatoms. The molecule has 0 spiro atoms. The number of carbonyl (C=O) groups is 2. The Morgan fingerprint density at radius 3 is 2.08 bits per heavy atom. The maximum Gasteiger partial charge on any atom is 0.306 e. The minimum absolute atomic E-state index is 0.0301. The van der Waals surface area contributed by atoms with Gasteiger partial charge < -0.3 is 24.6 Å². The molecule has 7 nitrogen and oxygen atoms in total. The number of aliphatic carboxylic acids is 1. The van der Waals surface area contributed by atoms with E-state index in [0.29, 0.717) is 55.8 Å².